The van der Waals surface area contributed by atoms with Crippen molar-refractivity contribution >= 4 is 17.3 Å². The van der Waals surface area contributed by atoms with Crippen LogP contribution in [0, 0.1) is 0 Å². The number of benzene rings is 1. The Morgan fingerprint density at radius 1 is 1.57 bits per heavy atom. The highest BCUT2D eigenvalue weighted by atomic mass is 16.5. The van der Waals surface area contributed by atoms with Crippen molar-refractivity contribution in [2.24, 2.45) is 0 Å². The van der Waals surface area contributed by atoms with Crippen molar-refractivity contribution in [3.8, 4) is 5.75 Å². The molecule has 0 unspecified atom stereocenters. The number of carbonyl (C=O) groups is 1. The molecule has 14 heavy (non-hydrogen) atoms. The number of hydrogen-bond donors (Lipinski definition) is 0. The average molecular weight is 191 g/mol. The van der Waals surface area contributed by atoms with Crippen molar-refractivity contribution < 1.29 is 9.53 Å². The lowest BCUT2D eigenvalue weighted by Crippen LogP contribution is -2.01. The minimum atomic E-state index is 0.191. The molecular weight excluding hydrogens is 182 g/mol. The summed E-state index contributed by atoms with van der Waals surface area (Å²) in [6.07, 6.45) is 0.778. The smallest absolute Gasteiger partial charge is 0.146 e. The SMILES string of the molecule is COc1cccc2nnn(CC=O)c12. The number of fused-ring (bicyclic) bond motifs is 1. The van der Waals surface area contributed by atoms with E-state index >= 15 is 0 Å². The van der Waals surface area contributed by atoms with E-state index in [1.165, 1.54) is 4.68 Å². The van der Waals surface area contributed by atoms with Gasteiger partial charge in [0.05, 0.1) is 13.7 Å². The summed E-state index contributed by atoms with van der Waals surface area (Å²) >= 11 is 0. The largest absolute Gasteiger partial charge is 0.494 e. The molecule has 1 aromatic heterocycles. The van der Waals surface area contributed by atoms with Crippen LogP contribution in [0.2, 0.25) is 0 Å². The van der Waals surface area contributed by atoms with Crippen molar-refractivity contribution in [3.63, 3.8) is 0 Å². The first-order valence-electron chi connectivity index (χ1n) is 4.16. The Kier molecular flexibility index (Phi) is 2.14. The summed E-state index contributed by atoms with van der Waals surface area (Å²) in [5, 5.41) is 7.77. The zero-order valence-corrected chi connectivity index (χ0v) is 7.67. The summed E-state index contributed by atoms with van der Waals surface area (Å²) in [7, 11) is 1.58. The van der Waals surface area contributed by atoms with E-state index in [0.29, 0.717) is 5.75 Å². The highest BCUT2D eigenvalue weighted by Crippen LogP contribution is 2.22. The molecule has 0 amide bonds. The maximum Gasteiger partial charge on any atom is 0.146 e. The highest BCUT2D eigenvalue weighted by Gasteiger charge is 2.08. The Morgan fingerprint density at radius 2 is 2.43 bits per heavy atom. The van der Waals surface area contributed by atoms with Gasteiger partial charge in [-0.25, -0.2) is 4.68 Å². The lowest BCUT2D eigenvalue weighted by Gasteiger charge is -2.02. The van der Waals surface area contributed by atoms with Gasteiger partial charge in [-0.3, -0.25) is 0 Å². The monoisotopic (exact) mass is 191 g/mol. The van der Waals surface area contributed by atoms with Crippen LogP contribution in [-0.2, 0) is 11.3 Å². The first kappa shape index (κ1) is 8.68. The number of aldehydes is 1. The number of aromatic nitrogens is 3. The minimum absolute atomic E-state index is 0.191. The van der Waals surface area contributed by atoms with Crippen molar-refractivity contribution in [1.82, 2.24) is 15.0 Å². The fourth-order valence-corrected chi connectivity index (χ4v) is 1.36. The Hall–Kier alpha value is -1.91. The van der Waals surface area contributed by atoms with Crippen molar-refractivity contribution in [2.75, 3.05) is 7.11 Å². The molecule has 0 fully saturated rings. The molecule has 2 rings (SSSR count). The Morgan fingerprint density at radius 3 is 3.14 bits per heavy atom. The van der Waals surface area contributed by atoms with Gasteiger partial charge in [-0.05, 0) is 12.1 Å². The molecule has 2 aromatic rings. The highest BCUT2D eigenvalue weighted by molar-refractivity contribution is 5.81. The number of hydrogen-bond acceptors (Lipinski definition) is 4. The molecule has 0 radical (unpaired) electrons. The van der Waals surface area contributed by atoms with E-state index in [2.05, 4.69) is 10.3 Å². The zero-order chi connectivity index (χ0) is 9.97. The topological polar surface area (TPSA) is 57.0 Å². The standard InChI is InChI=1S/C9H9N3O2/c1-14-8-4-2-3-7-9(8)12(5-6-13)11-10-7/h2-4,6H,5H2,1H3. The second kappa shape index (κ2) is 3.45. The predicted molar refractivity (Wildman–Crippen MR) is 50.1 cm³/mol. The summed E-state index contributed by atoms with van der Waals surface area (Å²) in [4.78, 5) is 10.4. The summed E-state index contributed by atoms with van der Waals surface area (Å²) in [6.45, 7) is 0.191. The maximum absolute atomic E-state index is 10.4. The number of ether oxygens (including phenoxy) is 1. The van der Waals surface area contributed by atoms with Crippen LogP contribution in [0.1, 0.15) is 0 Å². The van der Waals surface area contributed by atoms with Crippen molar-refractivity contribution in [2.45, 2.75) is 6.54 Å². The molecule has 0 bridgehead atoms. The van der Waals surface area contributed by atoms with Crippen LogP contribution in [0.5, 0.6) is 5.75 Å². The molecule has 0 aliphatic rings. The number of nitrogens with zero attached hydrogens (tertiary/aromatic N) is 3. The molecule has 0 N–H and O–H groups in total. The number of methoxy groups -OCH3 is 1. The van der Waals surface area contributed by atoms with Crippen LogP contribution in [-0.4, -0.2) is 28.4 Å². The predicted octanol–water partition coefficient (Wildman–Crippen LogP) is 0.639. The van der Waals surface area contributed by atoms with Gasteiger partial charge in [-0.15, -0.1) is 5.10 Å². The van der Waals surface area contributed by atoms with Gasteiger partial charge in [0, 0.05) is 0 Å². The van der Waals surface area contributed by atoms with E-state index < -0.39 is 0 Å². The number of rotatable bonds is 3. The lowest BCUT2D eigenvalue weighted by molar-refractivity contribution is -0.108. The molecule has 0 aliphatic carbocycles. The average Bonchev–Trinajstić information content (AvgIpc) is 2.62. The number of para-hydroxylation sites is 1. The van der Waals surface area contributed by atoms with Crippen LogP contribution in [0.25, 0.3) is 11.0 Å². The fraction of sp³-hybridized carbons (Fsp3) is 0.222. The van der Waals surface area contributed by atoms with Gasteiger partial charge in [-0.1, -0.05) is 11.3 Å². The first-order valence-corrected chi connectivity index (χ1v) is 4.16. The first-order chi connectivity index (χ1) is 6.86. The van der Waals surface area contributed by atoms with Crippen LogP contribution in [0.3, 0.4) is 0 Å². The van der Waals surface area contributed by atoms with E-state index in [0.717, 1.165) is 17.3 Å². The summed E-state index contributed by atoms with van der Waals surface area (Å²) in [5.74, 6) is 0.675. The Bertz CT molecular complexity index is 464. The van der Waals surface area contributed by atoms with Gasteiger partial charge < -0.3 is 9.53 Å². The zero-order valence-electron chi connectivity index (χ0n) is 7.67. The third-order valence-corrected chi connectivity index (χ3v) is 1.96. The Labute approximate surface area is 80.3 Å². The quantitative estimate of drug-likeness (QED) is 0.668. The molecule has 0 saturated carbocycles. The van der Waals surface area contributed by atoms with Crippen LogP contribution >= 0.6 is 0 Å². The van der Waals surface area contributed by atoms with Gasteiger partial charge in [0.1, 0.15) is 23.1 Å². The fourth-order valence-electron chi connectivity index (χ4n) is 1.36. The molecule has 0 atom stereocenters. The van der Waals surface area contributed by atoms with Crippen molar-refractivity contribution in [1.29, 1.82) is 0 Å². The lowest BCUT2D eigenvalue weighted by atomic mass is 10.3. The molecule has 5 heteroatoms. The molecule has 0 saturated heterocycles. The normalized spacial score (nSPS) is 10.4. The summed E-state index contributed by atoms with van der Waals surface area (Å²) < 4.78 is 6.67. The summed E-state index contributed by atoms with van der Waals surface area (Å²) in [5.41, 5.74) is 1.48. The van der Waals surface area contributed by atoms with E-state index in [-0.39, 0.29) is 6.54 Å². The van der Waals surface area contributed by atoms with Crippen LogP contribution in [0.15, 0.2) is 18.2 Å². The van der Waals surface area contributed by atoms with E-state index in [1.807, 2.05) is 18.2 Å². The minimum Gasteiger partial charge on any atom is -0.494 e. The summed E-state index contributed by atoms with van der Waals surface area (Å²) in [6, 6.07) is 5.47. The van der Waals surface area contributed by atoms with Gasteiger partial charge in [0.25, 0.3) is 0 Å². The third-order valence-electron chi connectivity index (χ3n) is 1.96. The van der Waals surface area contributed by atoms with Crippen LogP contribution in [0.4, 0.5) is 0 Å². The molecule has 1 aromatic carbocycles. The third kappa shape index (κ3) is 1.22. The molecule has 0 spiro atoms. The van der Waals surface area contributed by atoms with Crippen LogP contribution < -0.4 is 4.74 Å². The van der Waals surface area contributed by atoms with Gasteiger partial charge in [-0.2, -0.15) is 0 Å². The molecule has 72 valence electrons. The van der Waals surface area contributed by atoms with E-state index in [9.17, 15) is 4.79 Å². The molecule has 5 nitrogen and oxygen atoms in total. The maximum atomic E-state index is 10.4. The molecule has 0 aliphatic heterocycles. The molecular formula is C9H9N3O2. The molecule has 1 heterocycles. The van der Waals surface area contributed by atoms with Gasteiger partial charge >= 0.3 is 0 Å². The van der Waals surface area contributed by atoms with Gasteiger partial charge in [0.2, 0.25) is 0 Å². The van der Waals surface area contributed by atoms with Gasteiger partial charge in [0.15, 0.2) is 0 Å². The number of carbonyl (C=O) groups excluding carboxylic acids is 1. The van der Waals surface area contributed by atoms with E-state index in [1.54, 1.807) is 7.11 Å². The van der Waals surface area contributed by atoms with Crippen molar-refractivity contribution in [3.05, 3.63) is 18.2 Å². The van der Waals surface area contributed by atoms with E-state index in [4.69, 9.17) is 4.74 Å². The Balaban J connectivity index is 2.67. The second-order valence-corrected chi connectivity index (χ2v) is 2.77. The second-order valence-electron chi connectivity index (χ2n) is 2.77.